The molecule has 2 amide bonds. The van der Waals surface area contributed by atoms with Gasteiger partial charge in [0.05, 0.1) is 12.2 Å². The number of ether oxygens (including phenoxy) is 1. The molecule has 0 fully saturated rings. The highest BCUT2D eigenvalue weighted by molar-refractivity contribution is 6.32. The van der Waals surface area contributed by atoms with E-state index >= 15 is 0 Å². The molecule has 1 aromatic heterocycles. The summed E-state index contributed by atoms with van der Waals surface area (Å²) in [5.74, 6) is -0.396. The van der Waals surface area contributed by atoms with Crippen molar-refractivity contribution in [3.8, 4) is 5.75 Å². The topological polar surface area (TPSA) is 89.6 Å². The van der Waals surface area contributed by atoms with Crippen LogP contribution >= 0.6 is 11.6 Å². The van der Waals surface area contributed by atoms with E-state index in [9.17, 15) is 9.59 Å². The van der Waals surface area contributed by atoms with Gasteiger partial charge in [-0.05, 0) is 23.8 Å². The van der Waals surface area contributed by atoms with Gasteiger partial charge in [-0.2, -0.15) is 0 Å². The third-order valence-corrected chi connectivity index (χ3v) is 7.18. The average Bonchev–Trinajstić information content (AvgIpc) is 3.11. The van der Waals surface area contributed by atoms with Crippen LogP contribution in [-0.2, 0) is 22.7 Å². The molecule has 7 nitrogen and oxygen atoms in total. The molecule has 2 atom stereocenters. The Kier molecular flexibility index (Phi) is 7.17. The molecule has 190 valence electrons. The Balaban J connectivity index is 1.55. The van der Waals surface area contributed by atoms with Gasteiger partial charge in [-0.15, -0.1) is 0 Å². The number of carbonyl (C=O) groups is 2. The quantitative estimate of drug-likeness (QED) is 0.382. The lowest BCUT2D eigenvalue weighted by atomic mass is 10.1. The van der Waals surface area contributed by atoms with Crippen LogP contribution in [-0.4, -0.2) is 35.6 Å². The fraction of sp³-hybridized carbons (Fsp3) is 0.241. The van der Waals surface area contributed by atoms with E-state index in [0.29, 0.717) is 23.1 Å². The summed E-state index contributed by atoms with van der Waals surface area (Å²) in [7, 11) is 0. The first-order valence-electron chi connectivity index (χ1n) is 12.3. The highest BCUT2D eigenvalue weighted by atomic mass is 35.5. The van der Waals surface area contributed by atoms with Crippen molar-refractivity contribution < 1.29 is 14.3 Å². The molecule has 0 saturated carbocycles. The molecular weight excluding hydrogens is 488 g/mol. The lowest BCUT2D eigenvalue weighted by molar-refractivity contribution is -0.130. The summed E-state index contributed by atoms with van der Waals surface area (Å²) in [6.45, 7) is 2.76. The summed E-state index contributed by atoms with van der Waals surface area (Å²) in [5.41, 5.74) is 9.24. The van der Waals surface area contributed by atoms with Crippen LogP contribution in [0.2, 0.25) is 5.15 Å². The van der Waals surface area contributed by atoms with Crippen molar-refractivity contribution in [3.63, 3.8) is 0 Å². The summed E-state index contributed by atoms with van der Waals surface area (Å²) in [6.07, 6.45) is 0. The zero-order valence-electron chi connectivity index (χ0n) is 20.6. The Hall–Kier alpha value is -3.81. The number of amides is 2. The fourth-order valence-corrected chi connectivity index (χ4v) is 4.93. The Labute approximate surface area is 220 Å². The number of nitrogens with two attached hydrogens (primary N) is 1. The lowest BCUT2D eigenvalue weighted by Crippen LogP contribution is -2.52. The number of hydrogen-bond acceptors (Lipinski definition) is 4. The largest absolute Gasteiger partial charge is 0.489 e. The van der Waals surface area contributed by atoms with Gasteiger partial charge in [0.15, 0.2) is 0 Å². The number of carbonyl (C=O) groups excluding carboxylic acids is 2. The SMILES string of the molecule is C[C@@H](CN)C(=O)N[C@H]1COc2ccccc2N(Cc2c(Cl)n(Cc3ccccc3)c3ccccc23)C1=O. The van der Waals surface area contributed by atoms with Crippen molar-refractivity contribution in [2.45, 2.75) is 26.1 Å². The molecular formula is C29H29ClN4O3. The van der Waals surface area contributed by atoms with E-state index in [1.807, 2.05) is 66.7 Å². The maximum Gasteiger partial charge on any atom is 0.253 e. The van der Waals surface area contributed by atoms with Crippen LogP contribution in [0.25, 0.3) is 10.9 Å². The van der Waals surface area contributed by atoms with E-state index in [4.69, 9.17) is 22.1 Å². The van der Waals surface area contributed by atoms with Gasteiger partial charge in [0.2, 0.25) is 5.91 Å². The van der Waals surface area contributed by atoms with Gasteiger partial charge < -0.3 is 25.3 Å². The number of benzene rings is 3. The first kappa shape index (κ1) is 24.9. The third-order valence-electron chi connectivity index (χ3n) is 6.75. The average molecular weight is 517 g/mol. The van der Waals surface area contributed by atoms with Gasteiger partial charge in [-0.3, -0.25) is 9.59 Å². The number of halogens is 1. The van der Waals surface area contributed by atoms with E-state index < -0.39 is 12.0 Å². The molecule has 3 aromatic carbocycles. The van der Waals surface area contributed by atoms with Crippen molar-refractivity contribution in [2.24, 2.45) is 11.7 Å². The van der Waals surface area contributed by atoms with Crippen LogP contribution in [0.5, 0.6) is 5.75 Å². The number of para-hydroxylation sites is 3. The molecule has 3 N–H and O–H groups in total. The molecule has 0 aliphatic carbocycles. The summed E-state index contributed by atoms with van der Waals surface area (Å²) in [6, 6.07) is 24.6. The molecule has 0 radical (unpaired) electrons. The maximum atomic E-state index is 13.9. The second-order valence-corrected chi connectivity index (χ2v) is 9.62. The monoisotopic (exact) mass is 516 g/mol. The number of aromatic nitrogens is 1. The predicted octanol–water partition coefficient (Wildman–Crippen LogP) is 4.35. The van der Waals surface area contributed by atoms with Crippen LogP contribution < -0.4 is 20.7 Å². The molecule has 0 bridgehead atoms. The third kappa shape index (κ3) is 4.92. The Morgan fingerprint density at radius 2 is 1.76 bits per heavy atom. The van der Waals surface area contributed by atoms with Crippen molar-refractivity contribution in [1.29, 1.82) is 0 Å². The molecule has 0 saturated heterocycles. The summed E-state index contributed by atoms with van der Waals surface area (Å²) in [4.78, 5) is 28.1. The number of nitrogens with zero attached hydrogens (tertiary/aromatic N) is 2. The number of rotatable bonds is 7. The molecule has 2 heterocycles. The summed E-state index contributed by atoms with van der Waals surface area (Å²) < 4.78 is 8.03. The standard InChI is InChI=1S/C29H29ClN4O3/c1-19(15-31)28(35)32-23-18-37-26-14-8-7-13-25(26)34(29(23)36)17-22-21-11-5-6-12-24(21)33(27(22)30)16-20-9-3-2-4-10-20/h2-14,19,23H,15-18,31H2,1H3,(H,32,35)/t19-,23-/m0/s1. The number of fused-ring (bicyclic) bond motifs is 2. The smallest absolute Gasteiger partial charge is 0.253 e. The van der Waals surface area contributed by atoms with Crippen molar-refractivity contribution >= 4 is 40.0 Å². The summed E-state index contributed by atoms with van der Waals surface area (Å²) in [5, 5.41) is 4.36. The minimum Gasteiger partial charge on any atom is -0.489 e. The summed E-state index contributed by atoms with van der Waals surface area (Å²) >= 11 is 7.03. The van der Waals surface area contributed by atoms with Gasteiger partial charge >= 0.3 is 0 Å². The zero-order valence-corrected chi connectivity index (χ0v) is 21.3. The molecule has 0 unspecified atom stereocenters. The van der Waals surface area contributed by atoms with E-state index in [-0.39, 0.29) is 31.5 Å². The molecule has 37 heavy (non-hydrogen) atoms. The van der Waals surface area contributed by atoms with Crippen molar-refractivity contribution in [3.05, 3.63) is 95.1 Å². The zero-order chi connectivity index (χ0) is 25.9. The van der Waals surface area contributed by atoms with E-state index in [0.717, 1.165) is 22.0 Å². The van der Waals surface area contributed by atoms with Crippen molar-refractivity contribution in [2.75, 3.05) is 18.1 Å². The first-order valence-corrected chi connectivity index (χ1v) is 12.7. The molecule has 8 heteroatoms. The maximum absolute atomic E-state index is 13.9. The Bertz CT molecular complexity index is 1440. The van der Waals surface area contributed by atoms with E-state index in [2.05, 4.69) is 22.0 Å². The minimum absolute atomic E-state index is 0.0267. The molecule has 4 aromatic rings. The Morgan fingerprint density at radius 3 is 2.54 bits per heavy atom. The van der Waals surface area contributed by atoms with Crippen LogP contribution in [0.3, 0.4) is 0 Å². The Morgan fingerprint density at radius 1 is 1.05 bits per heavy atom. The van der Waals surface area contributed by atoms with Gasteiger partial charge in [0, 0.05) is 35.5 Å². The van der Waals surface area contributed by atoms with Gasteiger partial charge in [-0.25, -0.2) is 0 Å². The normalized spacial score (nSPS) is 16.1. The number of anilines is 1. The van der Waals surface area contributed by atoms with Crippen LogP contribution in [0, 0.1) is 5.92 Å². The molecule has 1 aliphatic heterocycles. The van der Waals surface area contributed by atoms with Crippen LogP contribution in [0.15, 0.2) is 78.9 Å². The highest BCUT2D eigenvalue weighted by Gasteiger charge is 2.34. The highest BCUT2D eigenvalue weighted by Crippen LogP contribution is 2.37. The van der Waals surface area contributed by atoms with Crippen LogP contribution in [0.1, 0.15) is 18.1 Å². The van der Waals surface area contributed by atoms with E-state index in [1.54, 1.807) is 11.8 Å². The molecule has 5 rings (SSSR count). The number of hydrogen-bond donors (Lipinski definition) is 2. The number of nitrogens with one attached hydrogen (secondary N) is 1. The van der Waals surface area contributed by atoms with Crippen molar-refractivity contribution in [1.82, 2.24) is 9.88 Å². The van der Waals surface area contributed by atoms with Gasteiger partial charge in [0.1, 0.15) is 23.6 Å². The van der Waals surface area contributed by atoms with Gasteiger partial charge in [0.25, 0.3) is 5.91 Å². The molecule has 1 aliphatic rings. The van der Waals surface area contributed by atoms with E-state index in [1.165, 1.54) is 0 Å². The fourth-order valence-electron chi connectivity index (χ4n) is 4.61. The first-order chi connectivity index (χ1) is 18.0. The van der Waals surface area contributed by atoms with Crippen LogP contribution in [0.4, 0.5) is 5.69 Å². The lowest BCUT2D eigenvalue weighted by Gasteiger charge is -2.25. The predicted molar refractivity (Wildman–Crippen MR) is 146 cm³/mol. The second kappa shape index (κ2) is 10.7. The van der Waals surface area contributed by atoms with Gasteiger partial charge in [-0.1, -0.05) is 79.2 Å². The molecule has 0 spiro atoms. The minimum atomic E-state index is -0.856. The second-order valence-electron chi connectivity index (χ2n) is 9.26.